The van der Waals surface area contributed by atoms with Crippen LogP contribution in [-0.2, 0) is 16.0 Å². The number of carboxylic acids is 1. The van der Waals surface area contributed by atoms with E-state index in [1.807, 2.05) is 6.92 Å². The summed E-state index contributed by atoms with van der Waals surface area (Å²) in [6.45, 7) is 3.44. The molecule has 4 rings (SSSR count). The van der Waals surface area contributed by atoms with Crippen LogP contribution in [0.5, 0.6) is 5.75 Å². The first-order valence-electron chi connectivity index (χ1n) is 9.58. The number of amides is 1. The number of nitrogens with zero attached hydrogens (tertiary/aromatic N) is 1. The number of rotatable bonds is 5. The zero-order valence-electron chi connectivity index (χ0n) is 15.8. The predicted octanol–water partition coefficient (Wildman–Crippen LogP) is 1.78. The first-order valence-corrected chi connectivity index (χ1v) is 9.58. The Morgan fingerprint density at radius 1 is 1.32 bits per heavy atom. The lowest BCUT2D eigenvalue weighted by atomic mass is 9.78. The maximum Gasteiger partial charge on any atom is 0.352 e. The monoisotopic (exact) mass is 385 g/mol. The molecule has 1 aromatic rings. The molecule has 7 heteroatoms. The van der Waals surface area contributed by atoms with E-state index >= 15 is 0 Å². The molecule has 1 amide bonds. The number of hydrogen-bond acceptors (Lipinski definition) is 5. The van der Waals surface area contributed by atoms with Gasteiger partial charge in [0, 0.05) is 29.0 Å². The third-order valence-corrected chi connectivity index (χ3v) is 6.17. The number of Topliss-reactive ketones (excluding diaryl/α,β-unsaturated/α-hetero) is 1. The van der Waals surface area contributed by atoms with Gasteiger partial charge in [-0.1, -0.05) is 19.1 Å². The summed E-state index contributed by atoms with van der Waals surface area (Å²) in [5.41, 5.74) is 2.03. The van der Waals surface area contributed by atoms with Crippen LogP contribution in [0.25, 0.3) is 0 Å². The predicted molar refractivity (Wildman–Crippen MR) is 98.8 cm³/mol. The number of aliphatic carboxylic acids is 1. The topological polar surface area (TPSA) is 104 Å². The second-order valence-corrected chi connectivity index (χ2v) is 7.78. The molecule has 1 fully saturated rings. The number of aliphatic hydroxyl groups is 1. The van der Waals surface area contributed by atoms with Crippen LogP contribution >= 0.6 is 0 Å². The summed E-state index contributed by atoms with van der Waals surface area (Å²) in [5, 5.41) is 19.6. The summed E-state index contributed by atoms with van der Waals surface area (Å²) in [6, 6.07) is 4.99. The number of benzene rings is 1. The summed E-state index contributed by atoms with van der Waals surface area (Å²) in [7, 11) is 0. The third kappa shape index (κ3) is 2.64. The molecular weight excluding hydrogens is 362 g/mol. The van der Waals surface area contributed by atoms with Crippen LogP contribution in [0.1, 0.15) is 42.6 Å². The van der Waals surface area contributed by atoms with Gasteiger partial charge in [0.05, 0.1) is 18.1 Å². The molecule has 2 aliphatic heterocycles. The number of ether oxygens (including phenoxy) is 1. The highest BCUT2D eigenvalue weighted by atomic mass is 16.5. The third-order valence-electron chi connectivity index (χ3n) is 6.17. The summed E-state index contributed by atoms with van der Waals surface area (Å²) >= 11 is 0. The van der Waals surface area contributed by atoms with Crippen LogP contribution in [0.4, 0.5) is 0 Å². The van der Waals surface area contributed by atoms with Crippen molar-refractivity contribution < 1.29 is 29.3 Å². The quantitative estimate of drug-likeness (QED) is 0.749. The fourth-order valence-electron chi connectivity index (χ4n) is 4.77. The first-order chi connectivity index (χ1) is 13.3. The average molecular weight is 385 g/mol. The Morgan fingerprint density at radius 2 is 2.07 bits per heavy atom. The highest BCUT2D eigenvalue weighted by Crippen LogP contribution is 2.47. The Hall–Kier alpha value is -2.67. The highest BCUT2D eigenvalue weighted by molar-refractivity contribution is 6.00. The lowest BCUT2D eigenvalue weighted by molar-refractivity contribution is -0.163. The Labute approximate surface area is 162 Å². The molecule has 0 bridgehead atoms. The van der Waals surface area contributed by atoms with Crippen LogP contribution in [0.15, 0.2) is 29.5 Å². The van der Waals surface area contributed by atoms with Gasteiger partial charge in [-0.2, -0.15) is 0 Å². The lowest BCUT2D eigenvalue weighted by Gasteiger charge is -2.46. The van der Waals surface area contributed by atoms with E-state index in [-0.39, 0.29) is 36.0 Å². The molecular formula is C21H23NO6. The van der Waals surface area contributed by atoms with Crippen molar-refractivity contribution in [3.63, 3.8) is 0 Å². The van der Waals surface area contributed by atoms with Crippen LogP contribution in [0.3, 0.4) is 0 Å². The number of ketones is 1. The van der Waals surface area contributed by atoms with E-state index < -0.39 is 18.0 Å². The highest BCUT2D eigenvalue weighted by Gasteiger charge is 2.59. The Bertz CT molecular complexity index is 902. The van der Waals surface area contributed by atoms with Gasteiger partial charge >= 0.3 is 5.97 Å². The Morgan fingerprint density at radius 3 is 2.75 bits per heavy atom. The molecule has 2 heterocycles. The maximum atomic E-state index is 12.4. The van der Waals surface area contributed by atoms with E-state index in [0.717, 1.165) is 18.4 Å². The summed E-state index contributed by atoms with van der Waals surface area (Å²) < 4.78 is 5.97. The van der Waals surface area contributed by atoms with Crippen molar-refractivity contribution >= 4 is 17.7 Å². The van der Waals surface area contributed by atoms with E-state index in [2.05, 4.69) is 0 Å². The Kier molecular flexibility index (Phi) is 4.50. The number of hydrogen-bond donors (Lipinski definition) is 2. The van der Waals surface area contributed by atoms with E-state index in [1.165, 1.54) is 4.90 Å². The molecule has 1 aromatic carbocycles. The van der Waals surface area contributed by atoms with Gasteiger partial charge in [0.2, 0.25) is 5.91 Å². The van der Waals surface area contributed by atoms with Gasteiger partial charge in [0.1, 0.15) is 18.1 Å². The maximum absolute atomic E-state index is 12.4. The van der Waals surface area contributed by atoms with Crippen LogP contribution < -0.4 is 4.74 Å². The first kappa shape index (κ1) is 18.7. The zero-order chi connectivity index (χ0) is 20.2. The standard InChI is InChI=1S/C21H23NO6/c1-10-14(19(21(26)27)22-18(10)17(11(2)23)20(22)25)9-28-16-8-4-5-12-13(16)6-3-7-15(12)24/h4-5,8,10-11,17-18,23H,3,6-7,9H2,1-2H3,(H,26,27)/t10-,11+,17+,18+/m0/s1. The molecule has 1 aliphatic carbocycles. The van der Waals surface area contributed by atoms with E-state index in [1.54, 1.807) is 25.1 Å². The fourth-order valence-corrected chi connectivity index (χ4v) is 4.77. The summed E-state index contributed by atoms with van der Waals surface area (Å²) in [5.74, 6) is -1.67. The molecule has 0 radical (unpaired) electrons. The number of carbonyl (C=O) groups excluding carboxylic acids is 2. The zero-order valence-corrected chi connectivity index (χ0v) is 15.8. The second-order valence-electron chi connectivity index (χ2n) is 7.78. The van der Waals surface area contributed by atoms with Gasteiger partial charge in [-0.25, -0.2) is 4.79 Å². The molecule has 1 saturated heterocycles. The van der Waals surface area contributed by atoms with E-state index in [0.29, 0.717) is 23.3 Å². The minimum absolute atomic E-state index is 0.0280. The Balaban J connectivity index is 1.62. The molecule has 148 valence electrons. The van der Waals surface area contributed by atoms with E-state index in [9.17, 15) is 24.6 Å². The van der Waals surface area contributed by atoms with Crippen molar-refractivity contribution in [2.24, 2.45) is 11.8 Å². The van der Waals surface area contributed by atoms with Gasteiger partial charge in [0.15, 0.2) is 5.78 Å². The van der Waals surface area contributed by atoms with Crippen molar-refractivity contribution in [2.45, 2.75) is 45.3 Å². The van der Waals surface area contributed by atoms with Gasteiger partial charge in [-0.15, -0.1) is 0 Å². The molecule has 0 saturated carbocycles. The molecule has 2 N–H and O–H groups in total. The van der Waals surface area contributed by atoms with Crippen LogP contribution in [0, 0.1) is 11.8 Å². The SMILES string of the molecule is C[C@@H](O)[C@H]1C(=O)N2C(C(=O)O)=C(COc3cccc4c3CCCC4=O)[C@H](C)[C@H]12. The molecule has 0 spiro atoms. The number of carbonyl (C=O) groups is 3. The minimum atomic E-state index is -1.17. The van der Waals surface area contributed by atoms with Crippen molar-refractivity contribution in [1.29, 1.82) is 0 Å². The largest absolute Gasteiger partial charge is 0.489 e. The minimum Gasteiger partial charge on any atom is -0.489 e. The molecule has 3 aliphatic rings. The number of carboxylic acid groups (broad SMARTS) is 1. The smallest absolute Gasteiger partial charge is 0.352 e. The van der Waals surface area contributed by atoms with Crippen molar-refractivity contribution in [3.05, 3.63) is 40.6 Å². The number of β-lactam (4-membered cyclic amide) rings is 1. The molecule has 28 heavy (non-hydrogen) atoms. The van der Waals surface area contributed by atoms with Crippen LogP contribution in [0.2, 0.25) is 0 Å². The fraction of sp³-hybridized carbons (Fsp3) is 0.476. The van der Waals surface area contributed by atoms with Gasteiger partial charge in [-0.3, -0.25) is 9.59 Å². The number of fused-ring (bicyclic) bond motifs is 2. The van der Waals surface area contributed by atoms with Crippen molar-refractivity contribution in [3.8, 4) is 5.75 Å². The van der Waals surface area contributed by atoms with E-state index in [4.69, 9.17) is 4.74 Å². The molecule has 0 aromatic heterocycles. The van der Waals surface area contributed by atoms with Crippen molar-refractivity contribution in [2.75, 3.05) is 6.61 Å². The van der Waals surface area contributed by atoms with Gasteiger partial charge < -0.3 is 19.8 Å². The summed E-state index contributed by atoms with van der Waals surface area (Å²) in [6.07, 6.45) is 1.21. The summed E-state index contributed by atoms with van der Waals surface area (Å²) in [4.78, 5) is 37.6. The van der Waals surface area contributed by atoms with Crippen LogP contribution in [-0.4, -0.2) is 51.5 Å². The molecule has 4 atom stereocenters. The lowest BCUT2D eigenvalue weighted by Crippen LogP contribution is -2.63. The van der Waals surface area contributed by atoms with Crippen molar-refractivity contribution in [1.82, 2.24) is 4.90 Å². The normalized spacial score (nSPS) is 27.2. The molecule has 0 unspecified atom stereocenters. The number of aliphatic hydroxyl groups excluding tert-OH is 1. The average Bonchev–Trinajstić information content (AvgIpc) is 2.89. The van der Waals surface area contributed by atoms with Gasteiger partial charge in [0.25, 0.3) is 0 Å². The van der Waals surface area contributed by atoms with Gasteiger partial charge in [-0.05, 0) is 25.8 Å². The second kappa shape index (κ2) is 6.74. The molecule has 7 nitrogen and oxygen atoms in total.